The molecule has 7 heteroatoms. The summed E-state index contributed by atoms with van der Waals surface area (Å²) >= 11 is 3.21. The highest BCUT2D eigenvalue weighted by molar-refractivity contribution is 9.09. The van der Waals surface area contributed by atoms with Crippen molar-refractivity contribution in [3.8, 4) is 11.6 Å². The summed E-state index contributed by atoms with van der Waals surface area (Å²) in [5.74, 6) is -0.428. The van der Waals surface area contributed by atoms with Crippen LogP contribution in [-0.2, 0) is 0 Å². The SMILES string of the molecule is O=c1[nH]c(=O)n(-c2ccccc2)c(O)c1C=NCCBr. The van der Waals surface area contributed by atoms with Gasteiger partial charge in [-0.2, -0.15) is 0 Å². The summed E-state index contributed by atoms with van der Waals surface area (Å²) in [6.45, 7) is 0.462. The van der Waals surface area contributed by atoms with Gasteiger partial charge in [-0.1, -0.05) is 34.1 Å². The summed E-state index contributed by atoms with van der Waals surface area (Å²) in [6.07, 6.45) is 1.26. The van der Waals surface area contributed by atoms with Gasteiger partial charge in [0.2, 0.25) is 5.88 Å². The molecule has 0 saturated heterocycles. The first kappa shape index (κ1) is 14.3. The lowest BCUT2D eigenvalue weighted by atomic mass is 10.3. The Morgan fingerprint density at radius 3 is 2.65 bits per heavy atom. The quantitative estimate of drug-likeness (QED) is 0.645. The van der Waals surface area contributed by atoms with Crippen LogP contribution in [0.25, 0.3) is 5.69 Å². The number of H-pyrrole nitrogens is 1. The van der Waals surface area contributed by atoms with E-state index in [9.17, 15) is 14.7 Å². The molecule has 0 amide bonds. The molecule has 0 bridgehead atoms. The third-order valence-corrected chi connectivity index (χ3v) is 2.92. The fraction of sp³-hybridized carbons (Fsp3) is 0.154. The fourth-order valence-corrected chi connectivity index (χ4v) is 1.88. The lowest BCUT2D eigenvalue weighted by molar-refractivity contribution is 0.430. The van der Waals surface area contributed by atoms with E-state index in [-0.39, 0.29) is 5.56 Å². The molecule has 0 saturated carbocycles. The number of aliphatic imine (C=N–C) groups is 1. The van der Waals surface area contributed by atoms with Crippen LogP contribution >= 0.6 is 15.9 Å². The Balaban J connectivity index is 2.62. The fourth-order valence-electron chi connectivity index (χ4n) is 1.68. The second kappa shape index (κ2) is 6.33. The van der Waals surface area contributed by atoms with E-state index in [1.165, 1.54) is 6.21 Å². The predicted molar refractivity (Wildman–Crippen MR) is 80.6 cm³/mol. The number of benzene rings is 1. The Bertz CT molecular complexity index is 735. The maximum Gasteiger partial charge on any atom is 0.335 e. The lowest BCUT2D eigenvalue weighted by Crippen LogP contribution is -2.31. The average molecular weight is 338 g/mol. The van der Waals surface area contributed by atoms with E-state index in [4.69, 9.17) is 0 Å². The zero-order valence-electron chi connectivity index (χ0n) is 10.4. The number of para-hydroxylation sites is 1. The Labute approximate surface area is 122 Å². The molecule has 0 spiro atoms. The summed E-state index contributed by atoms with van der Waals surface area (Å²) in [6, 6.07) is 8.54. The van der Waals surface area contributed by atoms with Gasteiger partial charge < -0.3 is 5.11 Å². The van der Waals surface area contributed by atoms with Gasteiger partial charge >= 0.3 is 5.69 Å². The smallest absolute Gasteiger partial charge is 0.335 e. The molecule has 0 aliphatic heterocycles. The van der Waals surface area contributed by atoms with Crippen molar-refractivity contribution in [3.05, 3.63) is 56.7 Å². The van der Waals surface area contributed by atoms with Crippen molar-refractivity contribution in [3.63, 3.8) is 0 Å². The normalized spacial score (nSPS) is 11.1. The first-order valence-corrected chi connectivity index (χ1v) is 6.97. The van der Waals surface area contributed by atoms with E-state index in [0.717, 1.165) is 4.57 Å². The van der Waals surface area contributed by atoms with Crippen molar-refractivity contribution in [2.24, 2.45) is 4.99 Å². The third-order valence-electron chi connectivity index (χ3n) is 2.57. The molecule has 0 radical (unpaired) electrons. The third kappa shape index (κ3) is 2.88. The molecule has 0 aliphatic carbocycles. The van der Waals surface area contributed by atoms with Crippen LogP contribution in [0, 0.1) is 0 Å². The minimum absolute atomic E-state index is 0.0468. The van der Waals surface area contributed by atoms with Crippen molar-refractivity contribution < 1.29 is 5.11 Å². The number of aromatic hydroxyl groups is 1. The van der Waals surface area contributed by atoms with E-state index >= 15 is 0 Å². The topological polar surface area (TPSA) is 87.5 Å². The van der Waals surface area contributed by atoms with Crippen LogP contribution < -0.4 is 11.2 Å². The maximum atomic E-state index is 11.8. The van der Waals surface area contributed by atoms with Gasteiger partial charge in [0.05, 0.1) is 5.69 Å². The number of rotatable bonds is 4. The molecule has 2 rings (SSSR count). The van der Waals surface area contributed by atoms with E-state index in [1.807, 2.05) is 0 Å². The van der Waals surface area contributed by atoms with Crippen molar-refractivity contribution in [2.75, 3.05) is 11.9 Å². The molecule has 2 aromatic rings. The summed E-state index contributed by atoms with van der Waals surface area (Å²) in [7, 11) is 0. The summed E-state index contributed by atoms with van der Waals surface area (Å²) < 4.78 is 1.02. The van der Waals surface area contributed by atoms with Gasteiger partial charge in [0.15, 0.2) is 0 Å². The molecule has 20 heavy (non-hydrogen) atoms. The largest absolute Gasteiger partial charge is 0.493 e. The molecular formula is C13H12BrN3O3. The molecule has 0 fully saturated rings. The molecule has 6 nitrogen and oxygen atoms in total. The first-order valence-electron chi connectivity index (χ1n) is 5.84. The number of aromatic nitrogens is 2. The number of nitrogens with zero attached hydrogens (tertiary/aromatic N) is 2. The van der Waals surface area contributed by atoms with Crippen LogP contribution in [0.2, 0.25) is 0 Å². The van der Waals surface area contributed by atoms with E-state index in [1.54, 1.807) is 30.3 Å². The van der Waals surface area contributed by atoms with Crippen LogP contribution in [0.5, 0.6) is 5.88 Å². The summed E-state index contributed by atoms with van der Waals surface area (Å²) in [5.41, 5.74) is -0.954. The van der Waals surface area contributed by atoms with E-state index in [0.29, 0.717) is 17.6 Å². The second-order valence-electron chi connectivity index (χ2n) is 3.89. The number of halogens is 1. The zero-order valence-corrected chi connectivity index (χ0v) is 12.0. The minimum Gasteiger partial charge on any atom is -0.493 e. The van der Waals surface area contributed by atoms with Crippen molar-refractivity contribution >= 4 is 22.1 Å². The molecule has 0 aliphatic rings. The standard InChI is InChI=1S/C13H12BrN3O3/c14-6-7-15-8-10-11(18)16-13(20)17(12(10)19)9-4-2-1-3-5-9/h1-5,8,19H,6-7H2,(H,16,18,20). The monoisotopic (exact) mass is 337 g/mol. The molecule has 0 atom stereocenters. The molecule has 104 valence electrons. The predicted octanol–water partition coefficient (Wildman–Crippen LogP) is 1.05. The highest BCUT2D eigenvalue weighted by atomic mass is 79.9. The van der Waals surface area contributed by atoms with Crippen molar-refractivity contribution in [1.29, 1.82) is 0 Å². The van der Waals surface area contributed by atoms with E-state index in [2.05, 4.69) is 25.9 Å². The van der Waals surface area contributed by atoms with Gasteiger partial charge in [0.1, 0.15) is 5.56 Å². The molecule has 1 heterocycles. The Kier molecular flexibility index (Phi) is 4.52. The zero-order chi connectivity index (χ0) is 14.5. The molecule has 2 N–H and O–H groups in total. The Hall–Kier alpha value is -2.15. The van der Waals surface area contributed by atoms with Crippen LogP contribution in [0.1, 0.15) is 5.56 Å². The van der Waals surface area contributed by atoms with Gasteiger partial charge in [0.25, 0.3) is 5.56 Å². The van der Waals surface area contributed by atoms with Crippen LogP contribution in [-0.4, -0.2) is 32.7 Å². The van der Waals surface area contributed by atoms with E-state index < -0.39 is 17.1 Å². The van der Waals surface area contributed by atoms with Gasteiger partial charge in [-0.25, -0.2) is 9.36 Å². The van der Waals surface area contributed by atoms with Gasteiger partial charge in [-0.3, -0.25) is 14.8 Å². The maximum absolute atomic E-state index is 11.8. The summed E-state index contributed by atoms with van der Waals surface area (Å²) in [4.78, 5) is 29.7. The lowest BCUT2D eigenvalue weighted by Gasteiger charge is -2.09. The Morgan fingerprint density at radius 2 is 2.00 bits per heavy atom. The number of alkyl halides is 1. The Morgan fingerprint density at radius 1 is 1.30 bits per heavy atom. The molecule has 0 unspecified atom stereocenters. The minimum atomic E-state index is -0.698. The van der Waals surface area contributed by atoms with Gasteiger partial charge in [0, 0.05) is 18.1 Å². The van der Waals surface area contributed by atoms with Crippen molar-refractivity contribution in [2.45, 2.75) is 0 Å². The van der Waals surface area contributed by atoms with Crippen LogP contribution in [0.4, 0.5) is 0 Å². The number of nitrogens with one attached hydrogen (secondary N) is 1. The highest BCUT2D eigenvalue weighted by Gasteiger charge is 2.13. The van der Waals surface area contributed by atoms with Gasteiger partial charge in [-0.05, 0) is 12.1 Å². The van der Waals surface area contributed by atoms with Crippen LogP contribution in [0.3, 0.4) is 0 Å². The highest BCUT2D eigenvalue weighted by Crippen LogP contribution is 2.14. The summed E-state index contributed by atoms with van der Waals surface area (Å²) in [5, 5.41) is 10.8. The number of hydrogen-bond acceptors (Lipinski definition) is 4. The first-order chi connectivity index (χ1) is 9.65. The second-order valence-corrected chi connectivity index (χ2v) is 4.68. The number of hydrogen-bond donors (Lipinski definition) is 2. The van der Waals surface area contributed by atoms with Crippen LogP contribution in [0.15, 0.2) is 44.9 Å². The average Bonchev–Trinajstić information content (AvgIpc) is 2.43. The van der Waals surface area contributed by atoms with Gasteiger partial charge in [-0.15, -0.1) is 0 Å². The molecule has 1 aromatic carbocycles. The molecular weight excluding hydrogens is 326 g/mol. The number of aromatic amines is 1. The van der Waals surface area contributed by atoms with Crippen molar-refractivity contribution in [1.82, 2.24) is 9.55 Å². The molecule has 1 aromatic heterocycles.